The number of allylic oxidation sites excluding steroid dienone is 2. The fourth-order valence-electron chi connectivity index (χ4n) is 2.55. The molecule has 2 nitrogen and oxygen atoms in total. The first-order valence-electron chi connectivity index (χ1n) is 8.80. The molecule has 0 aliphatic carbocycles. The number of halogens is 2. The Labute approximate surface area is 180 Å². The molecule has 4 heteroatoms. The summed E-state index contributed by atoms with van der Waals surface area (Å²) in [5.74, 6) is 0. The maximum absolute atomic E-state index is 2.24. The number of hydrogen-bond donors (Lipinski definition) is 0. The maximum Gasteiger partial charge on any atom is 0.169 e. The van der Waals surface area contributed by atoms with Gasteiger partial charge in [0.2, 0.25) is 0 Å². The summed E-state index contributed by atoms with van der Waals surface area (Å²) >= 11 is 0. The van der Waals surface area contributed by atoms with Gasteiger partial charge in [0, 0.05) is 24.3 Å². The summed E-state index contributed by atoms with van der Waals surface area (Å²) in [7, 11) is 0. The Morgan fingerprint density at radius 1 is 0.615 bits per heavy atom. The van der Waals surface area contributed by atoms with Gasteiger partial charge in [0.1, 0.15) is 0 Å². The summed E-state index contributed by atoms with van der Waals surface area (Å²) in [5, 5.41) is 0. The third-order valence-corrected chi connectivity index (χ3v) is 4.31. The molecule has 2 aromatic rings. The van der Waals surface area contributed by atoms with Crippen LogP contribution in [0.2, 0.25) is 0 Å². The smallest absolute Gasteiger partial charge is 0.169 e. The van der Waals surface area contributed by atoms with Gasteiger partial charge in [-0.2, -0.15) is 0 Å². The molecular formula is C22H32Br2N2. The van der Waals surface area contributed by atoms with Crippen molar-refractivity contribution in [1.29, 1.82) is 0 Å². The second kappa shape index (κ2) is 10.4. The standard InChI is InChI=1S/C22H32N2.2BrH/c1-21(2,3)19-9-15-23(16-10-19)13-7-8-14-24-17-11-20(12-18-24)22(4,5)6;;/h7-12,15-18H,13-14H2,1-6H3;2*1H/q+2;;/p-2/b8-7+;;. The van der Waals surface area contributed by atoms with Gasteiger partial charge in [0.15, 0.2) is 37.9 Å². The number of rotatable bonds is 4. The van der Waals surface area contributed by atoms with Crippen molar-refractivity contribution in [1.82, 2.24) is 0 Å². The Hall–Kier alpha value is -1.000. The molecular weight excluding hydrogens is 452 g/mol. The first kappa shape index (κ1) is 25.0. The van der Waals surface area contributed by atoms with Crippen molar-refractivity contribution in [2.45, 2.75) is 65.5 Å². The molecule has 0 bridgehead atoms. The van der Waals surface area contributed by atoms with Crippen LogP contribution in [0.3, 0.4) is 0 Å². The van der Waals surface area contributed by atoms with Gasteiger partial charge >= 0.3 is 0 Å². The average Bonchev–Trinajstić information content (AvgIpc) is 2.51. The van der Waals surface area contributed by atoms with Gasteiger partial charge in [-0.1, -0.05) is 41.5 Å². The number of hydrogen-bond acceptors (Lipinski definition) is 0. The third-order valence-electron chi connectivity index (χ3n) is 4.31. The summed E-state index contributed by atoms with van der Waals surface area (Å²) in [4.78, 5) is 0. The highest BCUT2D eigenvalue weighted by atomic mass is 79.9. The molecule has 0 N–H and O–H groups in total. The lowest BCUT2D eigenvalue weighted by molar-refractivity contribution is -0.691. The summed E-state index contributed by atoms with van der Waals surface area (Å²) < 4.78 is 4.41. The van der Waals surface area contributed by atoms with Crippen molar-refractivity contribution in [3.63, 3.8) is 0 Å². The molecule has 0 radical (unpaired) electrons. The van der Waals surface area contributed by atoms with E-state index < -0.39 is 0 Å². The zero-order chi connectivity index (χ0) is 17.8. The average molecular weight is 484 g/mol. The van der Waals surface area contributed by atoms with E-state index in [4.69, 9.17) is 0 Å². The molecule has 0 aliphatic rings. The van der Waals surface area contributed by atoms with Gasteiger partial charge in [-0.25, -0.2) is 9.13 Å². The minimum Gasteiger partial charge on any atom is -1.00 e. The second-order valence-electron chi connectivity index (χ2n) is 8.54. The van der Waals surface area contributed by atoms with E-state index in [1.54, 1.807) is 0 Å². The van der Waals surface area contributed by atoms with Crippen molar-refractivity contribution in [3.8, 4) is 0 Å². The Balaban J connectivity index is 0.00000312. The van der Waals surface area contributed by atoms with Crippen molar-refractivity contribution in [2.75, 3.05) is 0 Å². The van der Waals surface area contributed by atoms with Gasteiger partial charge in [0.25, 0.3) is 0 Å². The van der Waals surface area contributed by atoms with Crippen LogP contribution in [0, 0.1) is 0 Å². The van der Waals surface area contributed by atoms with Gasteiger partial charge in [-0.15, -0.1) is 0 Å². The van der Waals surface area contributed by atoms with Crippen molar-refractivity contribution < 1.29 is 43.1 Å². The fraction of sp³-hybridized carbons (Fsp3) is 0.455. The van der Waals surface area contributed by atoms with Crippen LogP contribution in [-0.2, 0) is 23.9 Å². The Kier molecular flexibility index (Phi) is 9.97. The van der Waals surface area contributed by atoms with E-state index in [-0.39, 0.29) is 44.8 Å². The molecule has 0 atom stereocenters. The lowest BCUT2D eigenvalue weighted by Crippen LogP contribution is -3.00. The van der Waals surface area contributed by atoms with Crippen molar-refractivity contribution in [3.05, 3.63) is 72.3 Å². The Morgan fingerprint density at radius 3 is 1.12 bits per heavy atom. The molecule has 0 amide bonds. The van der Waals surface area contributed by atoms with Crippen LogP contribution in [0.15, 0.2) is 61.2 Å². The summed E-state index contributed by atoms with van der Waals surface area (Å²) in [5.41, 5.74) is 3.17. The Bertz CT molecular complexity index is 615. The predicted octanol–water partition coefficient (Wildman–Crippen LogP) is -1.88. The van der Waals surface area contributed by atoms with Crippen LogP contribution in [0.25, 0.3) is 0 Å². The molecule has 26 heavy (non-hydrogen) atoms. The Morgan fingerprint density at radius 2 is 0.885 bits per heavy atom. The predicted molar refractivity (Wildman–Crippen MR) is 99.8 cm³/mol. The van der Waals surface area contributed by atoms with E-state index in [1.165, 1.54) is 11.1 Å². The van der Waals surface area contributed by atoms with Crippen LogP contribution >= 0.6 is 0 Å². The van der Waals surface area contributed by atoms with E-state index in [0.29, 0.717) is 0 Å². The van der Waals surface area contributed by atoms with Crippen LogP contribution in [0.5, 0.6) is 0 Å². The van der Waals surface area contributed by atoms with E-state index in [9.17, 15) is 0 Å². The lowest BCUT2D eigenvalue weighted by atomic mass is 9.88. The molecule has 0 spiro atoms. The summed E-state index contributed by atoms with van der Waals surface area (Å²) in [6.07, 6.45) is 13.1. The highest BCUT2D eigenvalue weighted by Crippen LogP contribution is 2.20. The van der Waals surface area contributed by atoms with E-state index in [2.05, 4.69) is 112 Å². The first-order chi connectivity index (χ1) is 11.2. The van der Waals surface area contributed by atoms with Gasteiger partial charge < -0.3 is 34.0 Å². The molecule has 0 saturated carbocycles. The minimum absolute atomic E-state index is 0. The first-order valence-corrected chi connectivity index (χ1v) is 8.80. The van der Waals surface area contributed by atoms with Gasteiger partial charge in [-0.05, 0) is 34.1 Å². The molecule has 0 unspecified atom stereocenters. The number of pyridine rings is 2. The summed E-state index contributed by atoms with van der Waals surface area (Å²) in [6, 6.07) is 8.86. The van der Waals surface area contributed by atoms with E-state index in [0.717, 1.165) is 13.1 Å². The van der Waals surface area contributed by atoms with Crippen LogP contribution in [-0.4, -0.2) is 0 Å². The molecule has 144 valence electrons. The second-order valence-corrected chi connectivity index (χ2v) is 8.54. The van der Waals surface area contributed by atoms with E-state index >= 15 is 0 Å². The van der Waals surface area contributed by atoms with E-state index in [1.807, 2.05) is 0 Å². The van der Waals surface area contributed by atoms with Crippen molar-refractivity contribution >= 4 is 0 Å². The lowest BCUT2D eigenvalue weighted by Gasteiger charge is -2.17. The van der Waals surface area contributed by atoms with Gasteiger partial charge in [-0.3, -0.25) is 0 Å². The van der Waals surface area contributed by atoms with Crippen LogP contribution in [0.4, 0.5) is 0 Å². The maximum atomic E-state index is 2.24. The zero-order valence-electron chi connectivity index (χ0n) is 16.8. The molecule has 2 heterocycles. The molecule has 0 saturated heterocycles. The third kappa shape index (κ3) is 7.71. The van der Waals surface area contributed by atoms with Crippen LogP contribution < -0.4 is 43.1 Å². The normalized spacial score (nSPS) is 11.8. The SMILES string of the molecule is CC(C)(C)c1cc[n+](C/C=C/C[n+]2ccc(C(C)(C)C)cc2)cc1.[Br-].[Br-]. The molecule has 0 aromatic carbocycles. The van der Waals surface area contributed by atoms with Crippen LogP contribution in [0.1, 0.15) is 52.7 Å². The molecule has 0 aliphatic heterocycles. The zero-order valence-corrected chi connectivity index (χ0v) is 20.0. The van der Waals surface area contributed by atoms with Gasteiger partial charge in [0.05, 0.1) is 0 Å². The number of aromatic nitrogens is 2. The fourth-order valence-corrected chi connectivity index (χ4v) is 2.55. The quantitative estimate of drug-likeness (QED) is 0.355. The highest BCUT2D eigenvalue weighted by Gasteiger charge is 2.15. The minimum atomic E-state index is 0. The molecule has 2 rings (SSSR count). The topological polar surface area (TPSA) is 7.76 Å². The highest BCUT2D eigenvalue weighted by molar-refractivity contribution is 5.18. The molecule has 2 aromatic heterocycles. The summed E-state index contributed by atoms with van der Waals surface area (Å²) in [6.45, 7) is 15.3. The largest absolute Gasteiger partial charge is 1.00 e. The molecule has 0 fully saturated rings. The monoisotopic (exact) mass is 482 g/mol. The van der Waals surface area contributed by atoms with Crippen molar-refractivity contribution in [2.24, 2.45) is 0 Å². The number of nitrogens with zero attached hydrogens (tertiary/aromatic N) is 2.